The van der Waals surface area contributed by atoms with Crippen molar-refractivity contribution in [2.75, 3.05) is 25.4 Å². The Morgan fingerprint density at radius 2 is 2.20 bits per heavy atom. The van der Waals surface area contributed by atoms with Gasteiger partial charge < -0.3 is 10.5 Å². The van der Waals surface area contributed by atoms with Gasteiger partial charge in [0.1, 0.15) is 5.75 Å². The summed E-state index contributed by atoms with van der Waals surface area (Å²) < 4.78 is 5.84. The molecule has 1 saturated heterocycles. The van der Waals surface area contributed by atoms with E-state index in [0.717, 1.165) is 32.0 Å². The zero-order valence-electron chi connectivity index (χ0n) is 11.4. The van der Waals surface area contributed by atoms with Crippen LogP contribution in [0.4, 0.5) is 5.13 Å². The van der Waals surface area contributed by atoms with Crippen LogP contribution in [0.3, 0.4) is 0 Å². The van der Waals surface area contributed by atoms with Crippen LogP contribution in [0.15, 0.2) is 36.5 Å². The molecule has 2 N–H and O–H groups in total. The van der Waals surface area contributed by atoms with Crippen molar-refractivity contribution in [3.05, 3.63) is 41.4 Å². The van der Waals surface area contributed by atoms with E-state index < -0.39 is 0 Å². The maximum atomic E-state index is 5.84. The van der Waals surface area contributed by atoms with E-state index in [2.05, 4.69) is 9.88 Å². The molecule has 0 saturated carbocycles. The van der Waals surface area contributed by atoms with Crippen LogP contribution in [0.5, 0.6) is 5.75 Å². The SMILES string of the molecule is Nc1ncc(CN2CCC(COc3ccccc3)C2)s1. The second-order valence-corrected chi connectivity index (χ2v) is 6.33. The molecule has 1 fully saturated rings. The van der Waals surface area contributed by atoms with Crippen LogP contribution in [-0.2, 0) is 6.54 Å². The van der Waals surface area contributed by atoms with E-state index in [9.17, 15) is 0 Å². The first kappa shape index (κ1) is 13.4. The number of benzene rings is 1. The summed E-state index contributed by atoms with van der Waals surface area (Å²) in [6.45, 7) is 3.97. The van der Waals surface area contributed by atoms with Crippen molar-refractivity contribution in [3.8, 4) is 5.75 Å². The van der Waals surface area contributed by atoms with E-state index in [4.69, 9.17) is 10.5 Å². The van der Waals surface area contributed by atoms with Gasteiger partial charge in [0, 0.05) is 30.1 Å². The molecule has 2 aromatic rings. The molecule has 0 radical (unpaired) electrons. The number of nitrogens with zero attached hydrogens (tertiary/aromatic N) is 2. The summed E-state index contributed by atoms with van der Waals surface area (Å²) in [6.07, 6.45) is 3.08. The number of rotatable bonds is 5. The van der Waals surface area contributed by atoms with Gasteiger partial charge in [0.05, 0.1) is 6.61 Å². The number of likely N-dealkylation sites (tertiary alicyclic amines) is 1. The summed E-state index contributed by atoms with van der Waals surface area (Å²) in [5, 5.41) is 0.656. The lowest BCUT2D eigenvalue weighted by atomic mass is 10.1. The highest BCUT2D eigenvalue weighted by atomic mass is 32.1. The van der Waals surface area contributed by atoms with E-state index in [0.29, 0.717) is 11.0 Å². The minimum Gasteiger partial charge on any atom is -0.493 e. The fourth-order valence-electron chi connectivity index (χ4n) is 2.54. The molecule has 1 aliphatic rings. The lowest BCUT2D eigenvalue weighted by molar-refractivity contribution is 0.239. The number of hydrogen-bond donors (Lipinski definition) is 1. The monoisotopic (exact) mass is 289 g/mol. The highest BCUT2D eigenvalue weighted by molar-refractivity contribution is 7.15. The average molecular weight is 289 g/mol. The van der Waals surface area contributed by atoms with E-state index in [1.165, 1.54) is 11.3 Å². The van der Waals surface area contributed by atoms with Crippen molar-refractivity contribution in [2.24, 2.45) is 5.92 Å². The molecule has 0 spiro atoms. The lowest BCUT2D eigenvalue weighted by Gasteiger charge is -2.15. The Balaban J connectivity index is 1.45. The van der Waals surface area contributed by atoms with Crippen molar-refractivity contribution in [2.45, 2.75) is 13.0 Å². The Morgan fingerprint density at radius 3 is 2.95 bits per heavy atom. The number of nitrogens with two attached hydrogens (primary N) is 1. The maximum absolute atomic E-state index is 5.84. The minimum atomic E-state index is 0.612. The fourth-order valence-corrected chi connectivity index (χ4v) is 3.27. The third-order valence-electron chi connectivity index (χ3n) is 3.55. The smallest absolute Gasteiger partial charge is 0.180 e. The topological polar surface area (TPSA) is 51.4 Å². The van der Waals surface area contributed by atoms with E-state index in [-0.39, 0.29) is 0 Å². The molecule has 2 heterocycles. The molecule has 1 aromatic carbocycles. The summed E-state index contributed by atoms with van der Waals surface area (Å²) in [7, 11) is 0. The van der Waals surface area contributed by atoms with Gasteiger partial charge in [-0.05, 0) is 25.1 Å². The van der Waals surface area contributed by atoms with Crippen LogP contribution >= 0.6 is 11.3 Å². The van der Waals surface area contributed by atoms with Crippen molar-refractivity contribution >= 4 is 16.5 Å². The molecule has 20 heavy (non-hydrogen) atoms. The second-order valence-electron chi connectivity index (χ2n) is 5.18. The van der Waals surface area contributed by atoms with Crippen LogP contribution in [0.2, 0.25) is 0 Å². The highest BCUT2D eigenvalue weighted by Crippen LogP contribution is 2.23. The van der Waals surface area contributed by atoms with Gasteiger partial charge in [0.25, 0.3) is 0 Å². The van der Waals surface area contributed by atoms with Gasteiger partial charge in [-0.15, -0.1) is 11.3 Å². The van der Waals surface area contributed by atoms with Gasteiger partial charge in [-0.1, -0.05) is 18.2 Å². The van der Waals surface area contributed by atoms with Gasteiger partial charge in [0.15, 0.2) is 5.13 Å². The molecule has 1 atom stereocenters. The molecule has 1 aliphatic heterocycles. The summed E-state index contributed by atoms with van der Waals surface area (Å²) >= 11 is 1.58. The van der Waals surface area contributed by atoms with Crippen molar-refractivity contribution in [1.82, 2.24) is 9.88 Å². The quantitative estimate of drug-likeness (QED) is 0.919. The van der Waals surface area contributed by atoms with Gasteiger partial charge >= 0.3 is 0 Å². The van der Waals surface area contributed by atoms with Gasteiger partial charge in [-0.3, -0.25) is 4.90 Å². The number of nitrogen functional groups attached to an aromatic ring is 1. The molecule has 5 heteroatoms. The average Bonchev–Trinajstić information content (AvgIpc) is 3.08. The number of para-hydroxylation sites is 1. The number of aromatic nitrogens is 1. The molecular weight excluding hydrogens is 270 g/mol. The summed E-state index contributed by atoms with van der Waals surface area (Å²) in [6, 6.07) is 10.0. The minimum absolute atomic E-state index is 0.612. The normalized spacial score (nSPS) is 19.3. The first-order valence-corrected chi connectivity index (χ1v) is 7.71. The number of anilines is 1. The predicted octanol–water partition coefficient (Wildman–Crippen LogP) is 2.63. The Morgan fingerprint density at radius 1 is 1.35 bits per heavy atom. The Bertz CT molecular complexity index is 543. The molecule has 4 nitrogen and oxygen atoms in total. The van der Waals surface area contributed by atoms with E-state index in [1.54, 1.807) is 11.3 Å². The molecule has 1 unspecified atom stereocenters. The van der Waals surface area contributed by atoms with Gasteiger partial charge in [-0.2, -0.15) is 0 Å². The molecule has 1 aromatic heterocycles. The zero-order chi connectivity index (χ0) is 13.8. The summed E-state index contributed by atoms with van der Waals surface area (Å²) in [4.78, 5) is 7.79. The third kappa shape index (κ3) is 3.49. The van der Waals surface area contributed by atoms with Crippen LogP contribution in [0, 0.1) is 5.92 Å². The maximum Gasteiger partial charge on any atom is 0.180 e. The largest absolute Gasteiger partial charge is 0.493 e. The fraction of sp³-hybridized carbons (Fsp3) is 0.400. The van der Waals surface area contributed by atoms with E-state index in [1.807, 2.05) is 36.5 Å². The van der Waals surface area contributed by atoms with Crippen molar-refractivity contribution in [3.63, 3.8) is 0 Å². The number of ether oxygens (including phenoxy) is 1. The molecule has 0 amide bonds. The van der Waals surface area contributed by atoms with Crippen LogP contribution in [0.1, 0.15) is 11.3 Å². The Kier molecular flexibility index (Phi) is 4.18. The summed E-state index contributed by atoms with van der Waals surface area (Å²) in [5.74, 6) is 1.57. The molecule has 0 aliphatic carbocycles. The number of hydrogen-bond acceptors (Lipinski definition) is 5. The van der Waals surface area contributed by atoms with Crippen molar-refractivity contribution in [1.29, 1.82) is 0 Å². The van der Waals surface area contributed by atoms with Crippen molar-refractivity contribution < 1.29 is 4.74 Å². The first-order valence-electron chi connectivity index (χ1n) is 6.90. The molecule has 106 valence electrons. The van der Waals surface area contributed by atoms with Gasteiger partial charge in [-0.25, -0.2) is 4.98 Å². The second kappa shape index (κ2) is 6.24. The summed E-state index contributed by atoms with van der Waals surface area (Å²) in [5.41, 5.74) is 5.66. The molecule has 0 bridgehead atoms. The molecular formula is C15H19N3OS. The predicted molar refractivity (Wildman–Crippen MR) is 81.8 cm³/mol. The van der Waals surface area contributed by atoms with Crippen LogP contribution in [0.25, 0.3) is 0 Å². The van der Waals surface area contributed by atoms with Crippen LogP contribution in [-0.4, -0.2) is 29.6 Å². The molecule has 3 rings (SSSR count). The first-order chi connectivity index (χ1) is 9.79. The van der Waals surface area contributed by atoms with Crippen LogP contribution < -0.4 is 10.5 Å². The number of thiazole rings is 1. The standard InChI is InChI=1S/C15H19N3OS/c16-15-17-8-14(20-15)10-18-7-6-12(9-18)11-19-13-4-2-1-3-5-13/h1-5,8,12H,6-7,9-11H2,(H2,16,17). The third-order valence-corrected chi connectivity index (χ3v) is 4.36. The van der Waals surface area contributed by atoms with Gasteiger partial charge in [0.2, 0.25) is 0 Å². The highest BCUT2D eigenvalue weighted by Gasteiger charge is 2.23. The Hall–Kier alpha value is -1.59. The van der Waals surface area contributed by atoms with E-state index >= 15 is 0 Å². The lowest BCUT2D eigenvalue weighted by Crippen LogP contribution is -2.21. The Labute approximate surface area is 123 Å². The zero-order valence-corrected chi connectivity index (χ0v) is 12.2.